The highest BCUT2D eigenvalue weighted by Crippen LogP contribution is 2.33. The number of thioether (sulfide) groups is 1. The molecule has 0 aliphatic carbocycles. The van der Waals surface area contributed by atoms with E-state index in [1.54, 1.807) is 30.3 Å². The first-order chi connectivity index (χ1) is 20.5. The topological polar surface area (TPSA) is 154 Å². The van der Waals surface area contributed by atoms with Gasteiger partial charge in [-0.1, -0.05) is 48.0 Å². The van der Waals surface area contributed by atoms with E-state index in [1.165, 1.54) is 0 Å². The molecule has 3 heterocycles. The second-order valence-corrected chi connectivity index (χ2v) is 11.6. The third-order valence-corrected chi connectivity index (χ3v) is 8.72. The van der Waals surface area contributed by atoms with Crippen LogP contribution in [-0.4, -0.2) is 65.1 Å². The van der Waals surface area contributed by atoms with Crippen LogP contribution in [0.2, 0.25) is 0 Å². The van der Waals surface area contributed by atoms with Gasteiger partial charge in [-0.2, -0.15) is 11.8 Å². The number of urea groups is 1. The van der Waals surface area contributed by atoms with Crippen molar-refractivity contribution < 1.29 is 23.7 Å². The molecule has 5 N–H and O–H groups in total. The van der Waals surface area contributed by atoms with Gasteiger partial charge in [0.25, 0.3) is 11.8 Å². The normalized spacial score (nSPS) is 19.0. The van der Waals surface area contributed by atoms with Gasteiger partial charge in [0, 0.05) is 53.4 Å². The van der Waals surface area contributed by atoms with Crippen LogP contribution in [0.15, 0.2) is 65.2 Å². The molecule has 2 aliphatic rings. The summed E-state index contributed by atoms with van der Waals surface area (Å²) in [5.74, 6) is 0.736. The predicted molar refractivity (Wildman–Crippen MR) is 160 cm³/mol. The van der Waals surface area contributed by atoms with E-state index < -0.39 is 0 Å². The number of benzene rings is 2. The Bertz CT molecular complexity index is 1410. The van der Waals surface area contributed by atoms with Crippen molar-refractivity contribution >= 4 is 41.2 Å². The lowest BCUT2D eigenvalue weighted by Gasteiger charge is -2.16. The summed E-state index contributed by atoms with van der Waals surface area (Å²) in [7, 11) is 0. The predicted octanol–water partition coefficient (Wildman–Crippen LogP) is 3.56. The van der Waals surface area contributed by atoms with Crippen LogP contribution in [0.5, 0.6) is 0 Å². The summed E-state index contributed by atoms with van der Waals surface area (Å²) in [6.07, 6.45) is 3.53. The van der Waals surface area contributed by atoms with Gasteiger partial charge in [0.2, 0.25) is 5.91 Å². The van der Waals surface area contributed by atoms with E-state index >= 15 is 0 Å². The lowest BCUT2D eigenvalue weighted by Crippen LogP contribution is -2.36. The van der Waals surface area contributed by atoms with Crippen LogP contribution < -0.4 is 26.6 Å². The summed E-state index contributed by atoms with van der Waals surface area (Å²) in [6.45, 7) is 0.722. The molecule has 2 saturated heterocycles. The maximum atomic E-state index is 12.6. The molecular weight excluding hydrogens is 556 g/mol. The molecule has 0 saturated carbocycles. The van der Waals surface area contributed by atoms with Crippen molar-refractivity contribution in [2.75, 3.05) is 24.2 Å². The standard InChI is InChI=1S/C30H34N6O5S/c37-26(13-5-4-12-25-27-23(18-42-25)34-30(40)35-27)33-21-11-6-10-20(16-21)28(38)31-14-7-15-32-29(39)22-17-24(41-36-22)19-8-2-1-3-9-19/h1-3,6,8-11,16-17,23,25,27H,4-5,7,12-15,18H2,(H,31,38)(H,32,39)(H,33,37)(H2,34,35,40)/t23-,25-,27-/m1/s1. The lowest BCUT2D eigenvalue weighted by atomic mass is 10.0. The summed E-state index contributed by atoms with van der Waals surface area (Å²) < 4.78 is 5.26. The number of hydrogen-bond acceptors (Lipinski definition) is 7. The van der Waals surface area contributed by atoms with Crippen LogP contribution in [-0.2, 0) is 4.79 Å². The van der Waals surface area contributed by atoms with Gasteiger partial charge in [-0.3, -0.25) is 14.4 Å². The van der Waals surface area contributed by atoms with Gasteiger partial charge in [0.1, 0.15) is 0 Å². The van der Waals surface area contributed by atoms with Crippen LogP contribution in [0.1, 0.15) is 53.0 Å². The smallest absolute Gasteiger partial charge is 0.315 e. The Morgan fingerprint density at radius 2 is 1.74 bits per heavy atom. The number of hydrogen-bond donors (Lipinski definition) is 5. The molecule has 0 radical (unpaired) electrons. The van der Waals surface area contributed by atoms with Crippen LogP contribution in [0.25, 0.3) is 11.3 Å². The summed E-state index contributed by atoms with van der Waals surface area (Å²) in [6, 6.07) is 18.1. The highest BCUT2D eigenvalue weighted by molar-refractivity contribution is 8.00. The van der Waals surface area contributed by atoms with Gasteiger partial charge < -0.3 is 31.1 Å². The third kappa shape index (κ3) is 7.69. The monoisotopic (exact) mass is 590 g/mol. The fraction of sp³-hybridized carbons (Fsp3) is 0.367. The first-order valence-corrected chi connectivity index (χ1v) is 15.2. The number of carbonyl (C=O) groups excluding carboxylic acids is 4. The summed E-state index contributed by atoms with van der Waals surface area (Å²) >= 11 is 1.87. The van der Waals surface area contributed by atoms with Gasteiger partial charge in [-0.15, -0.1) is 0 Å². The Labute approximate surface area is 247 Å². The number of rotatable bonds is 13. The number of carbonyl (C=O) groups is 4. The first kappa shape index (κ1) is 29.2. The third-order valence-electron chi connectivity index (χ3n) is 7.21. The number of fused-ring (bicyclic) bond motifs is 1. The largest absolute Gasteiger partial charge is 0.355 e. The molecule has 0 spiro atoms. The zero-order chi connectivity index (χ0) is 29.3. The Morgan fingerprint density at radius 3 is 2.57 bits per heavy atom. The molecule has 11 nitrogen and oxygen atoms in total. The maximum Gasteiger partial charge on any atom is 0.315 e. The molecule has 5 amide bonds. The summed E-state index contributed by atoms with van der Waals surface area (Å²) in [5, 5.41) is 18.6. The number of nitrogens with zero attached hydrogens (tertiary/aromatic N) is 1. The minimum absolute atomic E-state index is 0.0868. The minimum Gasteiger partial charge on any atom is -0.355 e. The average Bonchev–Trinajstić information content (AvgIpc) is 3.72. The van der Waals surface area contributed by atoms with E-state index in [0.29, 0.717) is 48.2 Å². The molecule has 2 aromatic carbocycles. The van der Waals surface area contributed by atoms with Gasteiger partial charge in [0.05, 0.1) is 12.1 Å². The van der Waals surface area contributed by atoms with Gasteiger partial charge in [0.15, 0.2) is 11.5 Å². The molecule has 5 rings (SSSR count). The van der Waals surface area contributed by atoms with E-state index in [9.17, 15) is 19.2 Å². The van der Waals surface area contributed by atoms with Crippen LogP contribution in [0, 0.1) is 0 Å². The highest BCUT2D eigenvalue weighted by Gasteiger charge is 2.42. The van der Waals surface area contributed by atoms with Crippen molar-refractivity contribution in [1.82, 2.24) is 26.4 Å². The molecule has 2 aliphatic heterocycles. The highest BCUT2D eigenvalue weighted by atomic mass is 32.2. The molecule has 3 aromatic rings. The molecule has 220 valence electrons. The van der Waals surface area contributed by atoms with Crippen LogP contribution in [0.3, 0.4) is 0 Å². The zero-order valence-electron chi connectivity index (χ0n) is 23.1. The van der Waals surface area contributed by atoms with E-state index in [0.717, 1.165) is 30.6 Å². The number of unbranched alkanes of at least 4 members (excludes halogenated alkanes) is 1. The summed E-state index contributed by atoms with van der Waals surface area (Å²) in [4.78, 5) is 48.9. The molecular formula is C30H34N6O5S. The zero-order valence-corrected chi connectivity index (χ0v) is 23.9. The van der Waals surface area contributed by atoms with Gasteiger partial charge in [-0.05, 0) is 37.5 Å². The number of anilines is 1. The van der Waals surface area contributed by atoms with Crippen molar-refractivity contribution in [1.29, 1.82) is 0 Å². The molecule has 2 fully saturated rings. The van der Waals surface area contributed by atoms with Gasteiger partial charge in [-0.25, -0.2) is 4.79 Å². The van der Waals surface area contributed by atoms with Crippen molar-refractivity contribution in [2.24, 2.45) is 0 Å². The van der Waals surface area contributed by atoms with Crippen molar-refractivity contribution in [3.05, 3.63) is 71.9 Å². The second kappa shape index (κ2) is 14.0. The number of aromatic nitrogens is 1. The van der Waals surface area contributed by atoms with Crippen LogP contribution >= 0.6 is 11.8 Å². The Hall–Kier alpha value is -4.32. The Kier molecular flexibility index (Phi) is 9.75. The van der Waals surface area contributed by atoms with Crippen molar-refractivity contribution in [3.8, 4) is 11.3 Å². The molecule has 1 aromatic heterocycles. The van der Waals surface area contributed by atoms with E-state index in [2.05, 4.69) is 31.7 Å². The summed E-state index contributed by atoms with van der Waals surface area (Å²) in [5.41, 5.74) is 2.03. The molecule has 42 heavy (non-hydrogen) atoms. The second-order valence-electron chi connectivity index (χ2n) is 10.3. The fourth-order valence-corrected chi connectivity index (χ4v) is 6.58. The van der Waals surface area contributed by atoms with E-state index in [4.69, 9.17) is 4.52 Å². The minimum atomic E-state index is -0.346. The quantitative estimate of drug-likeness (QED) is 0.151. The fourth-order valence-electron chi connectivity index (χ4n) is 5.04. The van der Waals surface area contributed by atoms with E-state index in [-0.39, 0.29) is 41.5 Å². The Morgan fingerprint density at radius 1 is 0.929 bits per heavy atom. The first-order valence-electron chi connectivity index (χ1n) is 14.1. The van der Waals surface area contributed by atoms with Crippen LogP contribution in [0.4, 0.5) is 10.5 Å². The average molecular weight is 591 g/mol. The maximum absolute atomic E-state index is 12.6. The lowest BCUT2D eigenvalue weighted by molar-refractivity contribution is -0.116. The van der Waals surface area contributed by atoms with E-state index in [1.807, 2.05) is 42.1 Å². The van der Waals surface area contributed by atoms with Crippen molar-refractivity contribution in [3.63, 3.8) is 0 Å². The molecule has 12 heteroatoms. The Balaban J connectivity index is 0.967. The number of nitrogens with one attached hydrogen (secondary N) is 5. The number of amides is 5. The van der Waals surface area contributed by atoms with Gasteiger partial charge >= 0.3 is 6.03 Å². The molecule has 0 unspecified atom stereocenters. The molecule has 3 atom stereocenters. The SMILES string of the molecule is O=C(CCCC[C@H]1SC[C@H]2NC(=O)N[C@H]21)Nc1cccc(C(=O)NCCCNC(=O)c2cc(-c3ccccc3)on2)c1. The molecule has 0 bridgehead atoms. The van der Waals surface area contributed by atoms with Crippen molar-refractivity contribution in [2.45, 2.75) is 49.4 Å².